The second kappa shape index (κ2) is 58.5. The van der Waals surface area contributed by atoms with Gasteiger partial charge in [0.2, 0.25) is 5.91 Å². The summed E-state index contributed by atoms with van der Waals surface area (Å²) >= 11 is 0. The number of hydrogen-bond acceptors (Lipinski definition) is 10. The lowest BCUT2D eigenvalue weighted by Crippen LogP contribution is -2.60. The summed E-state index contributed by atoms with van der Waals surface area (Å²) in [7, 11) is 0. The number of amides is 1. The molecular formula is C69H137NO10. The van der Waals surface area contributed by atoms with Crippen molar-refractivity contribution in [2.24, 2.45) is 0 Å². The number of aliphatic hydroxyl groups excluding tert-OH is 7. The molecule has 11 nitrogen and oxygen atoms in total. The largest absolute Gasteiger partial charge is 0.394 e. The van der Waals surface area contributed by atoms with Gasteiger partial charge in [0.15, 0.2) is 6.29 Å². The molecule has 9 atom stereocenters. The fourth-order valence-corrected chi connectivity index (χ4v) is 12.0. The van der Waals surface area contributed by atoms with Crippen LogP contribution in [0.15, 0.2) is 0 Å². The van der Waals surface area contributed by atoms with Crippen LogP contribution in [0.3, 0.4) is 0 Å². The molecule has 1 fully saturated rings. The van der Waals surface area contributed by atoms with Crippen LogP contribution in [0.5, 0.6) is 0 Å². The molecular weight excluding hydrogens is 1000 g/mol. The highest BCUT2D eigenvalue weighted by atomic mass is 16.7. The monoisotopic (exact) mass is 1140 g/mol. The first-order valence-corrected chi connectivity index (χ1v) is 35.4. The van der Waals surface area contributed by atoms with Gasteiger partial charge in [0.25, 0.3) is 0 Å². The normalized spacial score (nSPS) is 19.1. The van der Waals surface area contributed by atoms with E-state index >= 15 is 0 Å². The molecule has 1 heterocycles. The Kier molecular flexibility index (Phi) is 56.4. The first-order valence-electron chi connectivity index (χ1n) is 35.4. The Balaban J connectivity index is 2.08. The van der Waals surface area contributed by atoms with E-state index in [0.29, 0.717) is 19.3 Å². The minimum atomic E-state index is -1.66. The van der Waals surface area contributed by atoms with Gasteiger partial charge in [-0.2, -0.15) is 0 Å². The Labute approximate surface area is 494 Å². The quantitative estimate of drug-likeness (QED) is 0.0272. The van der Waals surface area contributed by atoms with E-state index in [1.54, 1.807) is 0 Å². The molecule has 1 rings (SSSR count). The van der Waals surface area contributed by atoms with Crippen molar-refractivity contribution in [3.05, 3.63) is 0 Å². The maximum absolute atomic E-state index is 13.2. The predicted octanol–water partition coefficient (Wildman–Crippen LogP) is 16.9. The molecule has 0 spiro atoms. The second-order valence-corrected chi connectivity index (χ2v) is 25.3. The van der Waals surface area contributed by atoms with Gasteiger partial charge in [-0.15, -0.1) is 0 Å². The number of unbranched alkanes of at least 4 members (excludes halogenated alkanes) is 51. The van der Waals surface area contributed by atoms with Crippen LogP contribution in [0.25, 0.3) is 0 Å². The van der Waals surface area contributed by atoms with Crippen molar-refractivity contribution < 1.29 is 50.0 Å². The van der Waals surface area contributed by atoms with E-state index in [4.69, 9.17) is 9.47 Å². The third-order valence-electron chi connectivity index (χ3n) is 17.7. The number of hydrogen-bond donors (Lipinski definition) is 8. The van der Waals surface area contributed by atoms with E-state index in [2.05, 4.69) is 19.2 Å². The molecule has 9 unspecified atom stereocenters. The summed E-state index contributed by atoms with van der Waals surface area (Å²) in [6.07, 6.45) is 59.3. The molecule has 0 aromatic carbocycles. The zero-order valence-electron chi connectivity index (χ0n) is 52.9. The Bertz CT molecular complexity index is 1260. The minimum absolute atomic E-state index is 0.267. The SMILES string of the molecule is CCCCCCCCCCCCCCCCCCCCCCCCCCCCCCCCCCCCCCCCC(O)C(=O)NC(COC1OC(CO)C(O)C(O)C1O)C(O)C(O)CCCCCCCCCCCCCCCCC. The van der Waals surface area contributed by atoms with Crippen LogP contribution in [-0.2, 0) is 14.3 Å². The molecule has 478 valence electrons. The Morgan fingerprint density at radius 1 is 0.388 bits per heavy atom. The third-order valence-corrected chi connectivity index (χ3v) is 17.7. The fourth-order valence-electron chi connectivity index (χ4n) is 12.0. The third kappa shape index (κ3) is 45.5. The zero-order chi connectivity index (χ0) is 58.2. The van der Waals surface area contributed by atoms with Gasteiger partial charge >= 0.3 is 0 Å². The van der Waals surface area contributed by atoms with Crippen molar-refractivity contribution in [3.63, 3.8) is 0 Å². The van der Waals surface area contributed by atoms with Gasteiger partial charge < -0.3 is 50.5 Å². The molecule has 0 bridgehead atoms. The highest BCUT2D eigenvalue weighted by molar-refractivity contribution is 5.80. The minimum Gasteiger partial charge on any atom is -0.394 e. The summed E-state index contributed by atoms with van der Waals surface area (Å²) in [5.41, 5.74) is 0. The summed E-state index contributed by atoms with van der Waals surface area (Å²) < 4.78 is 11.2. The molecule has 8 N–H and O–H groups in total. The van der Waals surface area contributed by atoms with Crippen LogP contribution in [0, 0.1) is 0 Å². The van der Waals surface area contributed by atoms with E-state index in [1.165, 1.54) is 289 Å². The molecule has 0 aromatic heterocycles. The fraction of sp³-hybridized carbons (Fsp3) is 0.986. The average Bonchev–Trinajstić information content (AvgIpc) is 3.47. The van der Waals surface area contributed by atoms with Crippen molar-refractivity contribution in [1.82, 2.24) is 5.32 Å². The number of carbonyl (C=O) groups is 1. The molecule has 1 saturated heterocycles. The molecule has 80 heavy (non-hydrogen) atoms. The van der Waals surface area contributed by atoms with Crippen molar-refractivity contribution in [1.29, 1.82) is 0 Å². The van der Waals surface area contributed by atoms with E-state index < -0.39 is 74.2 Å². The van der Waals surface area contributed by atoms with Gasteiger partial charge in [0.1, 0.15) is 36.6 Å². The zero-order valence-corrected chi connectivity index (χ0v) is 52.9. The topological polar surface area (TPSA) is 189 Å². The molecule has 1 amide bonds. The summed E-state index contributed by atoms with van der Waals surface area (Å²) in [5, 5.41) is 76.3. The van der Waals surface area contributed by atoms with E-state index in [9.17, 15) is 40.5 Å². The Morgan fingerprint density at radius 2 is 0.650 bits per heavy atom. The first-order chi connectivity index (χ1) is 39.2. The Hall–Kier alpha value is -0.890. The summed E-state index contributed by atoms with van der Waals surface area (Å²) in [5.74, 6) is -0.688. The Morgan fingerprint density at radius 3 is 0.925 bits per heavy atom. The first kappa shape index (κ1) is 77.1. The van der Waals surface area contributed by atoms with E-state index in [-0.39, 0.29) is 6.42 Å². The number of nitrogens with one attached hydrogen (secondary N) is 1. The average molecular weight is 1140 g/mol. The molecule has 1 aliphatic heterocycles. The van der Waals surface area contributed by atoms with Crippen LogP contribution in [-0.4, -0.2) is 110 Å². The lowest BCUT2D eigenvalue weighted by molar-refractivity contribution is -0.303. The van der Waals surface area contributed by atoms with Crippen molar-refractivity contribution >= 4 is 5.91 Å². The van der Waals surface area contributed by atoms with Crippen molar-refractivity contribution in [2.75, 3.05) is 13.2 Å². The lowest BCUT2D eigenvalue weighted by atomic mass is 9.98. The molecule has 0 radical (unpaired) electrons. The number of ether oxygens (including phenoxy) is 2. The maximum Gasteiger partial charge on any atom is 0.249 e. The smallest absolute Gasteiger partial charge is 0.249 e. The highest BCUT2D eigenvalue weighted by Gasteiger charge is 2.44. The molecule has 11 heteroatoms. The van der Waals surface area contributed by atoms with E-state index in [0.717, 1.165) is 38.5 Å². The van der Waals surface area contributed by atoms with Gasteiger partial charge in [-0.3, -0.25) is 4.79 Å². The van der Waals surface area contributed by atoms with Crippen LogP contribution in [0.1, 0.15) is 367 Å². The summed E-state index contributed by atoms with van der Waals surface area (Å²) in [4.78, 5) is 13.2. The van der Waals surface area contributed by atoms with Crippen LogP contribution in [0.2, 0.25) is 0 Å². The van der Waals surface area contributed by atoms with Crippen LogP contribution >= 0.6 is 0 Å². The number of carbonyl (C=O) groups excluding carboxylic acids is 1. The van der Waals surface area contributed by atoms with Crippen molar-refractivity contribution in [2.45, 2.75) is 422 Å². The van der Waals surface area contributed by atoms with E-state index in [1.807, 2.05) is 0 Å². The predicted molar refractivity (Wildman–Crippen MR) is 335 cm³/mol. The maximum atomic E-state index is 13.2. The molecule has 0 saturated carbocycles. The number of aliphatic hydroxyl groups is 7. The van der Waals surface area contributed by atoms with Gasteiger partial charge in [0.05, 0.1) is 25.4 Å². The standard InChI is InChI=1S/C69H137NO10/c1-3-5-7-9-11-13-15-17-19-20-21-22-23-24-25-26-27-28-29-30-31-32-33-34-35-36-37-38-39-40-41-43-45-47-49-51-53-55-57-62(73)68(78)70-60(59-79-69-67(77)66(76)65(75)63(58-71)80-69)64(74)61(72)56-54-52-50-48-46-44-42-18-16-14-12-10-8-6-4-2/h60-67,69,71-77H,3-59H2,1-2H3,(H,70,78). The van der Waals surface area contributed by atoms with Crippen LogP contribution < -0.4 is 5.32 Å². The van der Waals surface area contributed by atoms with Crippen molar-refractivity contribution in [3.8, 4) is 0 Å². The second-order valence-electron chi connectivity index (χ2n) is 25.3. The van der Waals surface area contributed by atoms with Gasteiger partial charge in [0, 0.05) is 0 Å². The van der Waals surface area contributed by atoms with Gasteiger partial charge in [-0.25, -0.2) is 0 Å². The molecule has 0 aliphatic carbocycles. The number of rotatable bonds is 63. The molecule has 1 aliphatic rings. The lowest BCUT2D eigenvalue weighted by Gasteiger charge is -2.40. The summed E-state index contributed by atoms with van der Waals surface area (Å²) in [6, 6.07) is -1.16. The van der Waals surface area contributed by atoms with Crippen LogP contribution in [0.4, 0.5) is 0 Å². The van der Waals surface area contributed by atoms with Gasteiger partial charge in [-0.05, 0) is 12.8 Å². The van der Waals surface area contributed by atoms with Gasteiger partial charge in [-0.1, -0.05) is 354 Å². The molecule has 0 aromatic rings. The summed E-state index contributed by atoms with van der Waals surface area (Å²) in [6.45, 7) is 3.51. The highest BCUT2D eigenvalue weighted by Crippen LogP contribution is 2.24.